The molecule has 0 aromatic carbocycles. The van der Waals surface area contributed by atoms with E-state index in [0.29, 0.717) is 5.82 Å². The van der Waals surface area contributed by atoms with Gasteiger partial charge in [-0.2, -0.15) is 0 Å². The van der Waals surface area contributed by atoms with E-state index in [9.17, 15) is 4.79 Å². The van der Waals surface area contributed by atoms with Crippen LogP contribution >= 0.6 is 15.9 Å². The number of carbonyl (C=O) groups excluding carboxylic acids is 1. The fourth-order valence-corrected chi connectivity index (χ4v) is 2.09. The summed E-state index contributed by atoms with van der Waals surface area (Å²) in [6.45, 7) is 5.57. The van der Waals surface area contributed by atoms with E-state index in [1.165, 1.54) is 0 Å². The van der Waals surface area contributed by atoms with Gasteiger partial charge >= 0.3 is 6.09 Å². The van der Waals surface area contributed by atoms with Crippen molar-refractivity contribution in [3.05, 3.63) is 22.7 Å². The molecule has 6 heteroatoms. The number of halogens is 1. The number of hydrogen-bond donors (Lipinski definition) is 0. The van der Waals surface area contributed by atoms with E-state index >= 15 is 0 Å². The van der Waals surface area contributed by atoms with Crippen LogP contribution in [0.25, 0.3) is 0 Å². The van der Waals surface area contributed by atoms with Gasteiger partial charge in [0.1, 0.15) is 11.1 Å². The summed E-state index contributed by atoms with van der Waals surface area (Å²) in [6, 6.07) is 0. The van der Waals surface area contributed by atoms with Gasteiger partial charge in [0.15, 0.2) is 5.82 Å². The van der Waals surface area contributed by atoms with Gasteiger partial charge in [0.25, 0.3) is 0 Å². The molecule has 19 heavy (non-hydrogen) atoms. The Labute approximate surface area is 121 Å². The van der Waals surface area contributed by atoms with Crippen LogP contribution in [0.5, 0.6) is 0 Å². The highest BCUT2D eigenvalue weighted by atomic mass is 79.9. The zero-order valence-corrected chi connectivity index (χ0v) is 13.2. The Hall–Kier alpha value is -1.17. The molecule has 0 spiro atoms. The molecule has 0 radical (unpaired) electrons. The third-order valence-corrected chi connectivity index (χ3v) is 3.48. The summed E-state index contributed by atoms with van der Waals surface area (Å²) in [7, 11) is 1.74. The van der Waals surface area contributed by atoms with Gasteiger partial charge in [0.2, 0.25) is 0 Å². The predicted octanol–water partition coefficient (Wildman–Crippen LogP) is 3.10. The fourth-order valence-electron chi connectivity index (χ4n) is 1.89. The topological polar surface area (TPSA) is 55.3 Å². The molecule has 1 amide bonds. The van der Waals surface area contributed by atoms with Crippen molar-refractivity contribution >= 4 is 22.0 Å². The van der Waals surface area contributed by atoms with Gasteiger partial charge in [-0.1, -0.05) is 0 Å². The second-order valence-electron chi connectivity index (χ2n) is 5.80. The maximum absolute atomic E-state index is 12.1. The van der Waals surface area contributed by atoms with Gasteiger partial charge in [-0.15, -0.1) is 0 Å². The first kappa shape index (κ1) is 14.2. The molecule has 0 atom stereocenters. The zero-order chi connectivity index (χ0) is 14.3. The lowest BCUT2D eigenvalue weighted by molar-refractivity contribution is 0.0180. The summed E-state index contributed by atoms with van der Waals surface area (Å²) in [5.74, 6) is 0.670. The maximum Gasteiger partial charge on any atom is 0.410 e. The van der Waals surface area contributed by atoms with Crippen molar-refractivity contribution in [2.75, 3.05) is 7.05 Å². The first-order valence-electron chi connectivity index (χ1n) is 6.19. The van der Waals surface area contributed by atoms with E-state index in [-0.39, 0.29) is 6.09 Å². The monoisotopic (exact) mass is 327 g/mol. The van der Waals surface area contributed by atoms with Crippen molar-refractivity contribution in [2.24, 2.45) is 0 Å². The molecule has 0 bridgehead atoms. The molecule has 0 N–H and O–H groups in total. The normalized spacial score (nSPS) is 16.9. The van der Waals surface area contributed by atoms with E-state index in [1.54, 1.807) is 24.3 Å². The lowest BCUT2D eigenvalue weighted by Gasteiger charge is -2.30. The van der Waals surface area contributed by atoms with Gasteiger partial charge in [-0.25, -0.2) is 14.8 Å². The Morgan fingerprint density at radius 3 is 2.32 bits per heavy atom. The molecule has 1 fully saturated rings. The molecule has 5 nitrogen and oxygen atoms in total. The second kappa shape index (κ2) is 4.74. The summed E-state index contributed by atoms with van der Waals surface area (Å²) >= 11 is 3.31. The van der Waals surface area contributed by atoms with E-state index in [0.717, 1.165) is 17.3 Å². The number of amides is 1. The number of aromatic nitrogens is 2. The Kier molecular flexibility index (Phi) is 3.55. The van der Waals surface area contributed by atoms with Gasteiger partial charge in [0, 0.05) is 19.4 Å². The number of rotatable bonds is 2. The number of nitrogens with zero attached hydrogens (tertiary/aromatic N) is 3. The number of carbonyl (C=O) groups is 1. The molecule has 1 aromatic heterocycles. The molecule has 0 saturated heterocycles. The Balaban J connectivity index is 2.16. The molecular formula is C13H18BrN3O2. The SMILES string of the molecule is CN(C(=O)OC(C)(C)C)C1(c2ncc(Br)cn2)CC1. The van der Waals surface area contributed by atoms with Crippen molar-refractivity contribution < 1.29 is 9.53 Å². The third-order valence-electron chi connectivity index (χ3n) is 3.07. The summed E-state index contributed by atoms with van der Waals surface area (Å²) in [4.78, 5) is 22.3. The highest BCUT2D eigenvalue weighted by molar-refractivity contribution is 9.10. The summed E-state index contributed by atoms with van der Waals surface area (Å²) in [5.41, 5.74) is -0.898. The molecule has 0 aliphatic heterocycles. The van der Waals surface area contributed by atoms with Crippen LogP contribution in [0.3, 0.4) is 0 Å². The van der Waals surface area contributed by atoms with Crippen LogP contribution in [0.2, 0.25) is 0 Å². The van der Waals surface area contributed by atoms with Crippen molar-refractivity contribution in [2.45, 2.75) is 44.8 Å². The quantitative estimate of drug-likeness (QED) is 0.837. The smallest absolute Gasteiger partial charge is 0.410 e. The average molecular weight is 328 g/mol. The largest absolute Gasteiger partial charge is 0.444 e. The van der Waals surface area contributed by atoms with E-state index in [2.05, 4.69) is 25.9 Å². The predicted molar refractivity (Wildman–Crippen MR) is 74.6 cm³/mol. The highest BCUT2D eigenvalue weighted by Crippen LogP contribution is 2.49. The molecule has 1 saturated carbocycles. The molecule has 1 aliphatic carbocycles. The maximum atomic E-state index is 12.1. The summed E-state index contributed by atoms with van der Waals surface area (Å²) < 4.78 is 6.22. The fraction of sp³-hybridized carbons (Fsp3) is 0.615. The summed E-state index contributed by atoms with van der Waals surface area (Å²) in [6.07, 6.45) is 4.79. The molecule has 1 aliphatic rings. The molecule has 1 heterocycles. The van der Waals surface area contributed by atoms with Crippen molar-refractivity contribution in [3.63, 3.8) is 0 Å². The minimum Gasteiger partial charge on any atom is -0.444 e. The Morgan fingerprint density at radius 2 is 1.89 bits per heavy atom. The Bertz CT molecular complexity index is 478. The molecule has 2 rings (SSSR count). The third kappa shape index (κ3) is 3.05. The van der Waals surface area contributed by atoms with Crippen LogP contribution in [0.1, 0.15) is 39.4 Å². The van der Waals surface area contributed by atoms with Crippen molar-refractivity contribution in [1.82, 2.24) is 14.9 Å². The van der Waals surface area contributed by atoms with Gasteiger partial charge in [0.05, 0.1) is 4.47 Å². The molecule has 0 unspecified atom stereocenters. The zero-order valence-electron chi connectivity index (χ0n) is 11.6. The van der Waals surface area contributed by atoms with Gasteiger partial charge < -0.3 is 4.74 Å². The summed E-state index contributed by atoms with van der Waals surface area (Å²) in [5, 5.41) is 0. The van der Waals surface area contributed by atoms with Crippen LogP contribution in [0.15, 0.2) is 16.9 Å². The first-order valence-corrected chi connectivity index (χ1v) is 6.99. The Morgan fingerprint density at radius 1 is 1.37 bits per heavy atom. The second-order valence-corrected chi connectivity index (χ2v) is 6.71. The van der Waals surface area contributed by atoms with Crippen LogP contribution < -0.4 is 0 Å². The van der Waals surface area contributed by atoms with Crippen LogP contribution in [0.4, 0.5) is 4.79 Å². The van der Waals surface area contributed by atoms with Crippen LogP contribution in [-0.4, -0.2) is 33.6 Å². The standard InChI is InChI=1S/C13H18BrN3O2/c1-12(2,3)19-11(18)17(4)13(5-6-13)10-15-7-9(14)8-16-10/h7-8H,5-6H2,1-4H3. The highest BCUT2D eigenvalue weighted by Gasteiger charge is 2.53. The number of hydrogen-bond acceptors (Lipinski definition) is 4. The average Bonchev–Trinajstić information content (AvgIpc) is 3.08. The molecule has 104 valence electrons. The van der Waals surface area contributed by atoms with Crippen molar-refractivity contribution in [1.29, 1.82) is 0 Å². The lowest BCUT2D eigenvalue weighted by Crippen LogP contribution is -2.41. The minimum absolute atomic E-state index is 0.337. The first-order chi connectivity index (χ1) is 8.74. The van der Waals surface area contributed by atoms with E-state index in [1.807, 2.05) is 20.8 Å². The van der Waals surface area contributed by atoms with E-state index < -0.39 is 11.1 Å². The minimum atomic E-state index is -0.498. The van der Waals surface area contributed by atoms with Gasteiger partial charge in [-0.3, -0.25) is 4.90 Å². The molecular weight excluding hydrogens is 310 g/mol. The van der Waals surface area contributed by atoms with Crippen LogP contribution in [0, 0.1) is 0 Å². The van der Waals surface area contributed by atoms with Crippen molar-refractivity contribution in [3.8, 4) is 0 Å². The van der Waals surface area contributed by atoms with Gasteiger partial charge in [-0.05, 0) is 49.5 Å². The lowest BCUT2D eigenvalue weighted by atomic mass is 10.2. The number of ether oxygens (including phenoxy) is 1. The molecule has 1 aromatic rings. The van der Waals surface area contributed by atoms with E-state index in [4.69, 9.17) is 4.74 Å². The van der Waals surface area contributed by atoms with Crippen LogP contribution in [-0.2, 0) is 10.3 Å².